The second-order valence-corrected chi connectivity index (χ2v) is 6.73. The Morgan fingerprint density at radius 1 is 0.607 bits per heavy atom. The Labute approximate surface area is 164 Å². The maximum atomic E-state index is 11.4. The number of carbonyl (C=O) groups is 1. The Balaban J connectivity index is 2.06. The maximum absolute atomic E-state index is 11.4. The van der Waals surface area contributed by atoms with Crippen LogP contribution in [0.25, 0.3) is 33.4 Å². The standard InChI is InChI=1S/C26H20O2/c27-25(28)18-19-16-23(20-10-4-1-5-11-20)26(22-14-8-3-9-15-22)24(17-19)21-12-6-2-7-13-21/h1-17H,18H2,(H,27,28). The van der Waals surface area contributed by atoms with Crippen molar-refractivity contribution < 1.29 is 9.90 Å². The zero-order valence-corrected chi connectivity index (χ0v) is 15.4. The van der Waals surface area contributed by atoms with Crippen LogP contribution in [0.5, 0.6) is 0 Å². The van der Waals surface area contributed by atoms with Gasteiger partial charge in [0.15, 0.2) is 0 Å². The van der Waals surface area contributed by atoms with E-state index >= 15 is 0 Å². The van der Waals surface area contributed by atoms with Gasteiger partial charge in [0.05, 0.1) is 6.42 Å². The van der Waals surface area contributed by atoms with Gasteiger partial charge in [-0.3, -0.25) is 4.79 Å². The van der Waals surface area contributed by atoms with Crippen LogP contribution in [0.3, 0.4) is 0 Å². The van der Waals surface area contributed by atoms with Gasteiger partial charge in [-0.1, -0.05) is 91.0 Å². The molecule has 0 bridgehead atoms. The molecule has 0 fully saturated rings. The van der Waals surface area contributed by atoms with Gasteiger partial charge in [0.2, 0.25) is 0 Å². The zero-order valence-electron chi connectivity index (χ0n) is 15.4. The fourth-order valence-electron chi connectivity index (χ4n) is 3.59. The van der Waals surface area contributed by atoms with Gasteiger partial charge in [-0.05, 0) is 51.1 Å². The van der Waals surface area contributed by atoms with Crippen LogP contribution in [-0.4, -0.2) is 11.1 Å². The summed E-state index contributed by atoms with van der Waals surface area (Å²) < 4.78 is 0. The van der Waals surface area contributed by atoms with E-state index in [0.717, 1.165) is 38.9 Å². The van der Waals surface area contributed by atoms with Crippen molar-refractivity contribution in [3.05, 3.63) is 109 Å². The van der Waals surface area contributed by atoms with Crippen molar-refractivity contribution in [1.82, 2.24) is 0 Å². The largest absolute Gasteiger partial charge is 0.481 e. The van der Waals surface area contributed by atoms with Crippen molar-refractivity contribution in [2.75, 3.05) is 0 Å². The number of hydrogen-bond donors (Lipinski definition) is 1. The van der Waals surface area contributed by atoms with E-state index in [1.807, 2.05) is 66.7 Å². The van der Waals surface area contributed by atoms with E-state index in [2.05, 4.69) is 36.4 Å². The van der Waals surface area contributed by atoms with Crippen molar-refractivity contribution in [2.24, 2.45) is 0 Å². The SMILES string of the molecule is O=C(O)Cc1cc(-c2ccccc2)c(-c2ccccc2)c(-c2ccccc2)c1. The van der Waals surface area contributed by atoms with Crippen LogP contribution < -0.4 is 0 Å². The van der Waals surface area contributed by atoms with Crippen LogP contribution in [0.2, 0.25) is 0 Å². The van der Waals surface area contributed by atoms with Gasteiger partial charge < -0.3 is 5.11 Å². The number of carboxylic acids is 1. The number of carboxylic acid groups (broad SMARTS) is 1. The monoisotopic (exact) mass is 364 g/mol. The molecule has 1 N–H and O–H groups in total. The Morgan fingerprint density at radius 2 is 1.00 bits per heavy atom. The van der Waals surface area contributed by atoms with Crippen LogP contribution in [-0.2, 0) is 11.2 Å². The zero-order chi connectivity index (χ0) is 19.3. The molecule has 4 aromatic carbocycles. The van der Waals surface area contributed by atoms with Gasteiger partial charge in [-0.15, -0.1) is 0 Å². The molecule has 0 aliphatic carbocycles. The molecule has 2 heteroatoms. The Kier molecular flexibility index (Phi) is 5.03. The quantitative estimate of drug-likeness (QED) is 0.450. The van der Waals surface area contributed by atoms with Crippen LogP contribution >= 0.6 is 0 Å². The van der Waals surface area contributed by atoms with Crippen molar-refractivity contribution in [3.8, 4) is 33.4 Å². The van der Waals surface area contributed by atoms with Crippen molar-refractivity contribution >= 4 is 5.97 Å². The lowest BCUT2D eigenvalue weighted by atomic mass is 9.85. The number of hydrogen-bond acceptors (Lipinski definition) is 1. The average Bonchev–Trinajstić information content (AvgIpc) is 2.74. The summed E-state index contributed by atoms with van der Waals surface area (Å²) in [6.07, 6.45) is -0.00522. The normalized spacial score (nSPS) is 10.6. The van der Waals surface area contributed by atoms with Crippen LogP contribution in [0.4, 0.5) is 0 Å². The summed E-state index contributed by atoms with van der Waals surface area (Å²) >= 11 is 0. The molecule has 0 saturated heterocycles. The lowest BCUT2D eigenvalue weighted by Gasteiger charge is -2.18. The number of benzene rings is 4. The lowest BCUT2D eigenvalue weighted by molar-refractivity contribution is -0.136. The molecule has 0 aliphatic rings. The molecular weight excluding hydrogens is 344 g/mol. The summed E-state index contributed by atoms with van der Waals surface area (Å²) in [4.78, 5) is 11.4. The van der Waals surface area contributed by atoms with E-state index in [4.69, 9.17) is 0 Å². The highest BCUT2D eigenvalue weighted by Crippen LogP contribution is 2.41. The third-order valence-electron chi connectivity index (χ3n) is 4.79. The predicted octanol–water partition coefficient (Wildman–Crippen LogP) is 6.31. The molecule has 0 unspecified atom stereocenters. The van der Waals surface area contributed by atoms with Gasteiger partial charge in [0, 0.05) is 0 Å². The topological polar surface area (TPSA) is 37.3 Å². The molecule has 4 aromatic rings. The molecule has 0 heterocycles. The molecule has 0 aromatic heterocycles. The highest BCUT2D eigenvalue weighted by atomic mass is 16.4. The fourth-order valence-corrected chi connectivity index (χ4v) is 3.59. The summed E-state index contributed by atoms with van der Waals surface area (Å²) in [6.45, 7) is 0. The minimum absolute atomic E-state index is 0.00522. The van der Waals surface area contributed by atoms with Crippen molar-refractivity contribution in [3.63, 3.8) is 0 Å². The molecule has 0 amide bonds. The maximum Gasteiger partial charge on any atom is 0.307 e. The molecule has 4 rings (SSSR count). The molecule has 0 saturated carbocycles. The Bertz CT molecular complexity index is 1020. The molecule has 0 aliphatic heterocycles. The first-order chi connectivity index (χ1) is 13.7. The van der Waals surface area contributed by atoms with Gasteiger partial charge in [0.25, 0.3) is 0 Å². The van der Waals surface area contributed by atoms with E-state index in [0.29, 0.717) is 0 Å². The summed E-state index contributed by atoms with van der Waals surface area (Å²) in [7, 11) is 0. The smallest absolute Gasteiger partial charge is 0.307 e. The molecule has 0 atom stereocenters. The molecule has 28 heavy (non-hydrogen) atoms. The first-order valence-corrected chi connectivity index (χ1v) is 9.27. The van der Waals surface area contributed by atoms with Crippen LogP contribution in [0.15, 0.2) is 103 Å². The van der Waals surface area contributed by atoms with E-state index in [1.165, 1.54) is 0 Å². The van der Waals surface area contributed by atoms with Gasteiger partial charge in [-0.25, -0.2) is 0 Å². The van der Waals surface area contributed by atoms with E-state index in [9.17, 15) is 9.90 Å². The lowest BCUT2D eigenvalue weighted by Crippen LogP contribution is -2.02. The molecule has 2 nitrogen and oxygen atoms in total. The summed E-state index contributed by atoms with van der Waals surface area (Å²) in [6, 6.07) is 34.6. The number of aliphatic carboxylic acids is 1. The highest BCUT2D eigenvalue weighted by Gasteiger charge is 2.16. The van der Waals surface area contributed by atoms with E-state index < -0.39 is 5.97 Å². The average molecular weight is 364 g/mol. The minimum atomic E-state index is -0.828. The first kappa shape index (κ1) is 17.7. The Morgan fingerprint density at radius 3 is 1.39 bits per heavy atom. The second kappa shape index (κ2) is 7.93. The third-order valence-corrected chi connectivity index (χ3v) is 4.79. The van der Waals surface area contributed by atoms with E-state index in [1.54, 1.807) is 0 Å². The van der Waals surface area contributed by atoms with Gasteiger partial charge in [-0.2, -0.15) is 0 Å². The summed E-state index contributed by atoms with van der Waals surface area (Å²) in [5, 5.41) is 9.38. The predicted molar refractivity (Wildman–Crippen MR) is 114 cm³/mol. The Hall–Kier alpha value is -3.65. The van der Waals surface area contributed by atoms with E-state index in [-0.39, 0.29) is 6.42 Å². The van der Waals surface area contributed by atoms with Gasteiger partial charge in [0.1, 0.15) is 0 Å². The van der Waals surface area contributed by atoms with Crippen LogP contribution in [0, 0.1) is 0 Å². The molecular formula is C26H20O2. The first-order valence-electron chi connectivity index (χ1n) is 9.27. The van der Waals surface area contributed by atoms with Crippen molar-refractivity contribution in [1.29, 1.82) is 0 Å². The second-order valence-electron chi connectivity index (χ2n) is 6.73. The summed E-state index contributed by atoms with van der Waals surface area (Å²) in [5.41, 5.74) is 7.27. The number of rotatable bonds is 5. The summed E-state index contributed by atoms with van der Waals surface area (Å²) in [5.74, 6) is -0.828. The molecule has 136 valence electrons. The van der Waals surface area contributed by atoms with Crippen molar-refractivity contribution in [2.45, 2.75) is 6.42 Å². The highest BCUT2D eigenvalue weighted by molar-refractivity contribution is 5.95. The molecule has 0 spiro atoms. The molecule has 0 radical (unpaired) electrons. The third kappa shape index (κ3) is 3.72. The minimum Gasteiger partial charge on any atom is -0.481 e. The fraction of sp³-hybridized carbons (Fsp3) is 0.0385. The van der Waals surface area contributed by atoms with Crippen LogP contribution in [0.1, 0.15) is 5.56 Å². The van der Waals surface area contributed by atoms with Gasteiger partial charge >= 0.3 is 5.97 Å².